The quantitative estimate of drug-likeness (QED) is 0.730. The highest BCUT2D eigenvalue weighted by Crippen LogP contribution is 2.37. The third kappa shape index (κ3) is 6.07. The van der Waals surface area contributed by atoms with E-state index in [0.717, 1.165) is 19.1 Å². The molecule has 26 heavy (non-hydrogen) atoms. The lowest BCUT2D eigenvalue weighted by molar-refractivity contribution is -0.192. The SMILES string of the molecule is CS(=O)(=O)NC[C@H]1CO[C@@H]2CN(C3CCCC3)C[C@H]12.O=C(O)C(F)(F)F. The largest absolute Gasteiger partial charge is 0.490 e. The third-order valence-electron chi connectivity index (χ3n) is 5.16. The molecular formula is C15H25F3N2O5S. The maximum Gasteiger partial charge on any atom is 0.490 e. The fourth-order valence-electron chi connectivity index (χ4n) is 3.87. The number of halogens is 3. The van der Waals surface area contributed by atoms with Crippen LogP contribution in [0.1, 0.15) is 25.7 Å². The summed E-state index contributed by atoms with van der Waals surface area (Å²) in [7, 11) is -3.09. The van der Waals surface area contributed by atoms with E-state index in [9.17, 15) is 21.6 Å². The minimum Gasteiger partial charge on any atom is -0.475 e. The zero-order valence-electron chi connectivity index (χ0n) is 14.5. The summed E-state index contributed by atoms with van der Waals surface area (Å²) in [6, 6.07) is 0.748. The van der Waals surface area contributed by atoms with Gasteiger partial charge in [-0.2, -0.15) is 13.2 Å². The topological polar surface area (TPSA) is 95.9 Å². The number of nitrogens with one attached hydrogen (secondary N) is 1. The van der Waals surface area contributed by atoms with E-state index in [1.54, 1.807) is 0 Å². The molecule has 3 atom stereocenters. The van der Waals surface area contributed by atoms with Gasteiger partial charge in [-0.25, -0.2) is 17.9 Å². The van der Waals surface area contributed by atoms with Gasteiger partial charge in [0, 0.05) is 37.5 Å². The number of likely N-dealkylation sites (tertiary alicyclic amines) is 1. The van der Waals surface area contributed by atoms with Gasteiger partial charge >= 0.3 is 12.1 Å². The number of hydrogen-bond donors (Lipinski definition) is 2. The third-order valence-corrected chi connectivity index (χ3v) is 5.85. The van der Waals surface area contributed by atoms with Gasteiger partial charge < -0.3 is 9.84 Å². The number of carboxylic acid groups (broad SMARTS) is 1. The number of carbonyl (C=O) groups is 1. The molecule has 11 heteroatoms. The molecule has 0 aromatic heterocycles. The fourth-order valence-corrected chi connectivity index (χ4v) is 4.38. The Morgan fingerprint density at radius 3 is 2.35 bits per heavy atom. The Morgan fingerprint density at radius 1 is 1.27 bits per heavy atom. The Morgan fingerprint density at radius 2 is 1.85 bits per heavy atom. The Kier molecular flexibility index (Phi) is 6.92. The van der Waals surface area contributed by atoms with E-state index in [2.05, 4.69) is 9.62 Å². The number of sulfonamides is 1. The zero-order chi connectivity index (χ0) is 19.5. The molecule has 3 fully saturated rings. The molecule has 0 radical (unpaired) electrons. The van der Waals surface area contributed by atoms with Gasteiger partial charge in [0.1, 0.15) is 0 Å². The highest BCUT2D eigenvalue weighted by Gasteiger charge is 2.45. The molecule has 3 aliphatic rings. The predicted octanol–water partition coefficient (Wildman–Crippen LogP) is 1.06. The zero-order valence-corrected chi connectivity index (χ0v) is 15.4. The van der Waals surface area contributed by atoms with Crippen LogP contribution in [0.3, 0.4) is 0 Å². The maximum absolute atomic E-state index is 11.2. The van der Waals surface area contributed by atoms with Gasteiger partial charge in [0.25, 0.3) is 0 Å². The van der Waals surface area contributed by atoms with Crippen LogP contribution < -0.4 is 4.72 Å². The predicted molar refractivity (Wildman–Crippen MR) is 87.1 cm³/mol. The highest BCUT2D eigenvalue weighted by atomic mass is 32.2. The van der Waals surface area contributed by atoms with E-state index in [-0.39, 0.29) is 0 Å². The van der Waals surface area contributed by atoms with E-state index in [4.69, 9.17) is 14.6 Å². The number of aliphatic carboxylic acids is 1. The monoisotopic (exact) mass is 402 g/mol. The average Bonchev–Trinajstić information content (AvgIpc) is 3.20. The van der Waals surface area contributed by atoms with Crippen molar-refractivity contribution >= 4 is 16.0 Å². The number of ether oxygens (including phenoxy) is 1. The van der Waals surface area contributed by atoms with Crippen LogP contribution in [0.5, 0.6) is 0 Å². The van der Waals surface area contributed by atoms with Gasteiger partial charge in [-0.1, -0.05) is 12.8 Å². The Hall–Kier alpha value is -0.910. The number of hydrogen-bond acceptors (Lipinski definition) is 5. The molecule has 2 aliphatic heterocycles. The van der Waals surface area contributed by atoms with Crippen molar-refractivity contribution in [2.45, 2.75) is 44.0 Å². The number of alkyl halides is 3. The summed E-state index contributed by atoms with van der Waals surface area (Å²) in [5.41, 5.74) is 0. The van der Waals surface area contributed by atoms with Crippen LogP contribution in [0.4, 0.5) is 13.2 Å². The molecule has 0 aromatic carbocycles. The molecule has 152 valence electrons. The van der Waals surface area contributed by atoms with Crippen LogP contribution in [0, 0.1) is 11.8 Å². The number of nitrogens with zero attached hydrogens (tertiary/aromatic N) is 1. The lowest BCUT2D eigenvalue weighted by atomic mass is 9.93. The molecule has 2 saturated heterocycles. The van der Waals surface area contributed by atoms with Crippen molar-refractivity contribution in [2.24, 2.45) is 11.8 Å². The van der Waals surface area contributed by atoms with Crippen molar-refractivity contribution in [3.05, 3.63) is 0 Å². The van der Waals surface area contributed by atoms with Gasteiger partial charge in [0.2, 0.25) is 10.0 Å². The summed E-state index contributed by atoms with van der Waals surface area (Å²) in [5, 5.41) is 7.12. The number of carboxylic acids is 1. The second-order valence-corrected chi connectivity index (χ2v) is 8.94. The minimum atomic E-state index is -5.08. The highest BCUT2D eigenvalue weighted by molar-refractivity contribution is 7.88. The lowest BCUT2D eigenvalue weighted by Gasteiger charge is -2.25. The van der Waals surface area contributed by atoms with Crippen molar-refractivity contribution < 1.29 is 36.2 Å². The molecule has 0 spiro atoms. The van der Waals surface area contributed by atoms with E-state index >= 15 is 0 Å². The van der Waals surface area contributed by atoms with E-state index in [1.807, 2.05) is 0 Å². The van der Waals surface area contributed by atoms with Crippen LogP contribution in [-0.4, -0.2) is 75.2 Å². The summed E-state index contributed by atoms with van der Waals surface area (Å²) in [5.74, 6) is -1.91. The lowest BCUT2D eigenvalue weighted by Crippen LogP contribution is -2.35. The summed E-state index contributed by atoms with van der Waals surface area (Å²) in [6.45, 7) is 3.37. The molecule has 1 saturated carbocycles. The van der Waals surface area contributed by atoms with Crippen LogP contribution in [0.25, 0.3) is 0 Å². The Bertz CT molecular complexity index is 593. The van der Waals surface area contributed by atoms with E-state index in [1.165, 1.54) is 31.9 Å². The summed E-state index contributed by atoms with van der Waals surface area (Å²) < 4.78 is 62.6. The molecule has 7 nitrogen and oxygen atoms in total. The molecular weight excluding hydrogens is 377 g/mol. The first-order valence-electron chi connectivity index (χ1n) is 8.58. The Balaban J connectivity index is 0.000000298. The maximum atomic E-state index is 11.2. The molecule has 3 rings (SSSR count). The standard InChI is InChI=1S/C13H24N2O3S.C2HF3O2/c1-19(16,17)14-6-10-9-18-13-8-15(7-12(10)13)11-4-2-3-5-11;3-2(4,5)1(6)7/h10-14H,2-9H2,1H3;(H,6,7)/t10-,12+,13+;/m0./s1. The van der Waals surface area contributed by atoms with E-state index < -0.39 is 22.2 Å². The van der Waals surface area contributed by atoms with Gasteiger partial charge in [0.05, 0.1) is 19.0 Å². The number of rotatable bonds is 4. The minimum absolute atomic E-state index is 0.326. The van der Waals surface area contributed by atoms with Crippen molar-refractivity contribution in [2.75, 3.05) is 32.5 Å². The van der Waals surface area contributed by atoms with Gasteiger partial charge in [-0.15, -0.1) is 0 Å². The van der Waals surface area contributed by atoms with Crippen LogP contribution in [0.2, 0.25) is 0 Å². The molecule has 2 N–H and O–H groups in total. The molecule has 1 aliphatic carbocycles. The summed E-state index contributed by atoms with van der Waals surface area (Å²) in [6.07, 6.45) is 1.83. The first-order chi connectivity index (χ1) is 12.0. The first kappa shape index (κ1) is 21.4. The van der Waals surface area contributed by atoms with Crippen LogP contribution in [0.15, 0.2) is 0 Å². The van der Waals surface area contributed by atoms with Gasteiger partial charge in [-0.05, 0) is 12.8 Å². The summed E-state index contributed by atoms with van der Waals surface area (Å²) in [4.78, 5) is 11.5. The molecule has 0 bridgehead atoms. The van der Waals surface area contributed by atoms with Crippen molar-refractivity contribution in [3.63, 3.8) is 0 Å². The smallest absolute Gasteiger partial charge is 0.475 e. The molecule has 0 unspecified atom stereocenters. The normalized spacial score (nSPS) is 30.1. The molecule has 2 heterocycles. The molecule has 0 amide bonds. The fraction of sp³-hybridized carbons (Fsp3) is 0.933. The van der Waals surface area contributed by atoms with Crippen molar-refractivity contribution in [3.8, 4) is 0 Å². The summed E-state index contributed by atoms with van der Waals surface area (Å²) >= 11 is 0. The second kappa shape index (κ2) is 8.41. The average molecular weight is 402 g/mol. The van der Waals surface area contributed by atoms with Gasteiger partial charge in [0.15, 0.2) is 0 Å². The Labute approximate surface area is 150 Å². The van der Waals surface area contributed by atoms with Gasteiger partial charge in [-0.3, -0.25) is 4.90 Å². The first-order valence-corrected chi connectivity index (χ1v) is 10.5. The van der Waals surface area contributed by atoms with Crippen molar-refractivity contribution in [1.29, 1.82) is 0 Å². The second-order valence-electron chi connectivity index (χ2n) is 7.11. The van der Waals surface area contributed by atoms with E-state index in [0.29, 0.717) is 31.1 Å². The van der Waals surface area contributed by atoms with Crippen molar-refractivity contribution in [1.82, 2.24) is 9.62 Å². The number of fused-ring (bicyclic) bond motifs is 1. The molecule has 0 aromatic rings. The van der Waals surface area contributed by atoms with Crippen LogP contribution >= 0.6 is 0 Å². The van der Waals surface area contributed by atoms with Crippen LogP contribution in [-0.2, 0) is 19.6 Å².